The summed E-state index contributed by atoms with van der Waals surface area (Å²) >= 11 is 0. The minimum absolute atomic E-state index is 0. The molecular weight excluding hydrogens is 359 g/mol. The van der Waals surface area contributed by atoms with Gasteiger partial charge in [0.2, 0.25) is 0 Å². The third kappa shape index (κ3) is 5.38. The summed E-state index contributed by atoms with van der Waals surface area (Å²) < 4.78 is 56.7. The van der Waals surface area contributed by atoms with Gasteiger partial charge < -0.3 is 10.1 Å². The van der Waals surface area contributed by atoms with Crippen molar-refractivity contribution in [3.63, 3.8) is 0 Å². The zero-order valence-corrected chi connectivity index (χ0v) is 14.2. The van der Waals surface area contributed by atoms with Gasteiger partial charge in [-0.25, -0.2) is 4.39 Å². The van der Waals surface area contributed by atoms with Gasteiger partial charge in [-0.1, -0.05) is 6.07 Å². The van der Waals surface area contributed by atoms with Crippen LogP contribution < -0.4 is 10.1 Å². The van der Waals surface area contributed by atoms with Gasteiger partial charge in [-0.05, 0) is 12.1 Å². The van der Waals surface area contributed by atoms with E-state index in [0.717, 1.165) is 25.2 Å². The highest BCUT2D eigenvalue weighted by Gasteiger charge is 2.33. The maximum atomic E-state index is 13.4. The molecule has 1 N–H and O–H groups in total. The monoisotopic (exact) mass is 378 g/mol. The smallest absolute Gasteiger partial charge is 0.416 e. The van der Waals surface area contributed by atoms with E-state index in [9.17, 15) is 17.6 Å². The fraction of sp³-hybridized carbons (Fsp3) is 0.571. The van der Waals surface area contributed by atoms with Crippen LogP contribution in [0.3, 0.4) is 0 Å². The van der Waals surface area contributed by atoms with Crippen LogP contribution in [0.15, 0.2) is 18.2 Å². The average molecular weight is 379 g/mol. The highest BCUT2D eigenvalue weighted by Crippen LogP contribution is 2.36. The number of benzene rings is 1. The van der Waals surface area contributed by atoms with Crippen LogP contribution in [0.2, 0.25) is 0 Å². The molecule has 3 nitrogen and oxygen atoms in total. The zero-order chi connectivity index (χ0) is 15.5. The van der Waals surface area contributed by atoms with Crippen LogP contribution in [0.25, 0.3) is 0 Å². The number of nitrogens with zero attached hydrogens (tertiary/aromatic N) is 1. The van der Waals surface area contributed by atoms with Crippen LogP contribution >= 0.6 is 24.8 Å². The number of hydrogen-bond donors (Lipinski definition) is 1. The Morgan fingerprint density at radius 2 is 1.83 bits per heavy atom. The zero-order valence-electron chi connectivity index (χ0n) is 12.5. The number of ether oxygens (including phenoxy) is 1. The lowest BCUT2D eigenvalue weighted by molar-refractivity contribution is -0.137. The van der Waals surface area contributed by atoms with Gasteiger partial charge in [0.15, 0.2) is 0 Å². The van der Waals surface area contributed by atoms with Gasteiger partial charge in [-0.3, -0.25) is 4.90 Å². The molecule has 1 aliphatic rings. The molecule has 1 heterocycles. The van der Waals surface area contributed by atoms with E-state index in [4.69, 9.17) is 4.74 Å². The van der Waals surface area contributed by atoms with E-state index >= 15 is 0 Å². The molecule has 1 saturated heterocycles. The summed E-state index contributed by atoms with van der Waals surface area (Å²) in [6, 6.07) is 2.64. The van der Waals surface area contributed by atoms with E-state index in [-0.39, 0.29) is 30.6 Å². The van der Waals surface area contributed by atoms with Crippen molar-refractivity contribution < 1.29 is 22.3 Å². The molecule has 23 heavy (non-hydrogen) atoms. The molecule has 0 radical (unpaired) electrons. The van der Waals surface area contributed by atoms with Crippen LogP contribution in [0.1, 0.15) is 17.2 Å². The molecule has 0 spiro atoms. The highest BCUT2D eigenvalue weighted by atomic mass is 35.5. The quantitative estimate of drug-likeness (QED) is 0.811. The van der Waals surface area contributed by atoms with Crippen molar-refractivity contribution >= 4 is 24.8 Å². The van der Waals surface area contributed by atoms with Crippen molar-refractivity contribution in [1.82, 2.24) is 10.2 Å². The Balaban J connectivity index is 0.00000242. The number of hydrogen-bond acceptors (Lipinski definition) is 3. The van der Waals surface area contributed by atoms with Crippen LogP contribution in [-0.2, 0) is 6.18 Å². The molecule has 0 unspecified atom stereocenters. The number of rotatable bonds is 4. The third-order valence-corrected chi connectivity index (χ3v) is 3.66. The van der Waals surface area contributed by atoms with E-state index in [1.807, 2.05) is 4.90 Å². The Morgan fingerprint density at radius 3 is 2.30 bits per heavy atom. The topological polar surface area (TPSA) is 24.5 Å². The van der Waals surface area contributed by atoms with Crippen LogP contribution in [0.5, 0.6) is 5.75 Å². The molecule has 1 aliphatic heterocycles. The molecule has 1 fully saturated rings. The summed E-state index contributed by atoms with van der Waals surface area (Å²) in [4.78, 5) is 1.92. The number of piperazine rings is 1. The fourth-order valence-electron chi connectivity index (χ4n) is 2.53. The van der Waals surface area contributed by atoms with Gasteiger partial charge in [0.1, 0.15) is 12.4 Å². The van der Waals surface area contributed by atoms with Gasteiger partial charge >= 0.3 is 6.18 Å². The first-order valence-electron chi connectivity index (χ1n) is 6.73. The van der Waals surface area contributed by atoms with Gasteiger partial charge in [-0.15, -0.1) is 24.8 Å². The second-order valence-electron chi connectivity index (χ2n) is 4.91. The maximum absolute atomic E-state index is 13.4. The summed E-state index contributed by atoms with van der Waals surface area (Å²) in [6.07, 6.45) is -4.44. The Labute approximate surface area is 145 Å². The lowest BCUT2D eigenvalue weighted by atomic mass is 10.0. The molecule has 0 saturated carbocycles. The molecule has 2 rings (SSSR count). The summed E-state index contributed by atoms with van der Waals surface area (Å²) in [7, 11) is 1.30. The van der Waals surface area contributed by atoms with Crippen LogP contribution in [0.4, 0.5) is 17.6 Å². The van der Waals surface area contributed by atoms with Crippen molar-refractivity contribution in [3.8, 4) is 5.75 Å². The SMILES string of the molecule is COc1cc(C(F)(F)F)ccc1[C@H](CF)N1CCNCC1.Cl.Cl. The molecule has 0 aromatic heterocycles. The average Bonchev–Trinajstić information content (AvgIpc) is 2.48. The van der Waals surface area contributed by atoms with Gasteiger partial charge in [0, 0.05) is 31.7 Å². The molecule has 0 amide bonds. The van der Waals surface area contributed by atoms with Crippen LogP contribution in [0, 0.1) is 0 Å². The summed E-state index contributed by atoms with van der Waals surface area (Å²) in [5.41, 5.74) is -0.337. The normalized spacial score (nSPS) is 16.9. The van der Waals surface area contributed by atoms with Crippen molar-refractivity contribution in [2.45, 2.75) is 12.2 Å². The molecular formula is C14H20Cl2F4N2O. The van der Waals surface area contributed by atoms with Gasteiger partial charge in [0.05, 0.1) is 18.7 Å². The predicted molar refractivity (Wildman–Crippen MR) is 85.7 cm³/mol. The first-order chi connectivity index (χ1) is 9.97. The van der Waals surface area contributed by atoms with Crippen LogP contribution in [-0.4, -0.2) is 44.9 Å². The molecule has 1 aromatic rings. The van der Waals surface area contributed by atoms with E-state index < -0.39 is 24.5 Å². The number of alkyl halides is 4. The third-order valence-electron chi connectivity index (χ3n) is 3.66. The Bertz CT molecular complexity index is 482. The number of nitrogens with one attached hydrogen (secondary N) is 1. The molecule has 134 valence electrons. The lowest BCUT2D eigenvalue weighted by Crippen LogP contribution is -2.45. The molecule has 1 aromatic carbocycles. The molecule has 0 aliphatic carbocycles. The molecule has 1 atom stereocenters. The summed E-state index contributed by atoms with van der Waals surface area (Å²) in [5.74, 6) is 0.0750. The van der Waals surface area contributed by atoms with E-state index in [1.54, 1.807) is 0 Å². The number of methoxy groups -OCH3 is 1. The standard InChI is InChI=1S/C14H18F4N2O.2ClH/c1-21-13-8-10(14(16,17)18)2-3-11(13)12(9-15)20-6-4-19-5-7-20;;/h2-3,8,12,19H,4-7,9H2,1H3;2*1H/t12-;;/m0../s1. The van der Waals surface area contributed by atoms with Crippen molar-refractivity contribution in [3.05, 3.63) is 29.3 Å². The van der Waals surface area contributed by atoms with Crippen molar-refractivity contribution in [2.75, 3.05) is 40.0 Å². The Kier molecular flexibility index (Phi) is 9.20. The fourth-order valence-corrected chi connectivity index (χ4v) is 2.53. The van der Waals surface area contributed by atoms with E-state index in [1.165, 1.54) is 13.2 Å². The predicted octanol–water partition coefficient (Wildman–Crippen LogP) is 3.47. The van der Waals surface area contributed by atoms with Gasteiger partial charge in [0.25, 0.3) is 0 Å². The largest absolute Gasteiger partial charge is 0.496 e. The lowest BCUT2D eigenvalue weighted by Gasteiger charge is -2.34. The first-order valence-corrected chi connectivity index (χ1v) is 6.73. The minimum Gasteiger partial charge on any atom is -0.496 e. The molecule has 0 bridgehead atoms. The first kappa shape index (κ1) is 22.2. The summed E-state index contributed by atoms with van der Waals surface area (Å²) in [5, 5.41) is 3.16. The second-order valence-corrected chi connectivity index (χ2v) is 4.91. The van der Waals surface area contributed by atoms with E-state index in [2.05, 4.69) is 5.32 Å². The minimum atomic E-state index is -4.44. The van der Waals surface area contributed by atoms with E-state index in [0.29, 0.717) is 18.7 Å². The Morgan fingerprint density at radius 1 is 1.22 bits per heavy atom. The second kappa shape index (κ2) is 9.52. The number of halogens is 6. The van der Waals surface area contributed by atoms with Crippen molar-refractivity contribution in [2.24, 2.45) is 0 Å². The summed E-state index contributed by atoms with van der Waals surface area (Å²) in [6.45, 7) is 2.11. The highest BCUT2D eigenvalue weighted by molar-refractivity contribution is 5.85. The maximum Gasteiger partial charge on any atom is 0.416 e. The van der Waals surface area contributed by atoms with Crippen molar-refractivity contribution in [1.29, 1.82) is 0 Å². The van der Waals surface area contributed by atoms with Gasteiger partial charge in [-0.2, -0.15) is 13.2 Å². The Hall–Kier alpha value is -0.760. The molecule has 9 heteroatoms.